The van der Waals surface area contributed by atoms with E-state index in [4.69, 9.17) is 27.7 Å². The Morgan fingerprint density at radius 3 is 2.72 bits per heavy atom. The molecule has 0 aliphatic rings. The molecule has 8 nitrogen and oxygen atoms in total. The second-order valence-electron chi connectivity index (χ2n) is 5.05. The standard InChI is InChI=1S/C15H8Cl2N6O2/c16-7-2-4-11(10(5-7)14-19-22-23-20-14)18-15(24)13-9-3-1-8(17)6-12(9)25-21-13/h1-6H,(H,18,24)(H,19,20,22,23). The highest BCUT2D eigenvalue weighted by Crippen LogP contribution is 2.29. The largest absolute Gasteiger partial charge is 0.355 e. The van der Waals surface area contributed by atoms with Crippen molar-refractivity contribution in [3.05, 3.63) is 52.1 Å². The van der Waals surface area contributed by atoms with Gasteiger partial charge in [0.15, 0.2) is 11.3 Å². The Hall–Kier alpha value is -2.97. The minimum absolute atomic E-state index is 0.140. The van der Waals surface area contributed by atoms with Crippen LogP contribution in [0.15, 0.2) is 40.9 Å². The predicted molar refractivity (Wildman–Crippen MR) is 91.6 cm³/mol. The van der Waals surface area contributed by atoms with E-state index in [-0.39, 0.29) is 5.69 Å². The molecule has 0 spiro atoms. The van der Waals surface area contributed by atoms with Crippen LogP contribution in [0.2, 0.25) is 10.0 Å². The van der Waals surface area contributed by atoms with E-state index < -0.39 is 5.91 Å². The van der Waals surface area contributed by atoms with Crippen LogP contribution in [0.25, 0.3) is 22.4 Å². The first-order chi connectivity index (χ1) is 12.1. The second-order valence-corrected chi connectivity index (χ2v) is 5.92. The van der Waals surface area contributed by atoms with Gasteiger partial charge in [-0.1, -0.05) is 28.4 Å². The van der Waals surface area contributed by atoms with E-state index in [0.29, 0.717) is 38.1 Å². The molecule has 0 saturated heterocycles. The summed E-state index contributed by atoms with van der Waals surface area (Å²) >= 11 is 11.9. The van der Waals surface area contributed by atoms with Gasteiger partial charge in [0, 0.05) is 21.7 Å². The molecule has 0 aliphatic carbocycles. The number of halogens is 2. The number of anilines is 1. The average Bonchev–Trinajstić information content (AvgIpc) is 3.25. The Bertz CT molecular complexity index is 1080. The lowest BCUT2D eigenvalue weighted by atomic mass is 10.1. The van der Waals surface area contributed by atoms with Crippen molar-refractivity contribution in [2.45, 2.75) is 0 Å². The molecule has 0 aliphatic heterocycles. The number of hydrogen-bond donors (Lipinski definition) is 2. The van der Waals surface area contributed by atoms with Crippen molar-refractivity contribution in [1.29, 1.82) is 0 Å². The van der Waals surface area contributed by atoms with Crippen molar-refractivity contribution in [3.63, 3.8) is 0 Å². The fraction of sp³-hybridized carbons (Fsp3) is 0. The van der Waals surface area contributed by atoms with Crippen molar-refractivity contribution in [2.75, 3.05) is 5.32 Å². The molecule has 1 amide bonds. The molecule has 0 bridgehead atoms. The number of benzene rings is 2. The molecule has 2 aromatic heterocycles. The summed E-state index contributed by atoms with van der Waals surface area (Å²) in [7, 11) is 0. The zero-order valence-corrected chi connectivity index (χ0v) is 13.8. The number of carbonyl (C=O) groups excluding carboxylic acids is 1. The number of carbonyl (C=O) groups is 1. The maximum Gasteiger partial charge on any atom is 0.278 e. The van der Waals surface area contributed by atoms with Crippen LogP contribution in [0.5, 0.6) is 0 Å². The van der Waals surface area contributed by atoms with Crippen LogP contribution in [0, 0.1) is 0 Å². The summed E-state index contributed by atoms with van der Waals surface area (Å²) in [4.78, 5) is 12.6. The monoisotopic (exact) mass is 374 g/mol. The molecule has 124 valence electrons. The number of H-pyrrole nitrogens is 1. The maximum absolute atomic E-state index is 12.6. The highest BCUT2D eigenvalue weighted by atomic mass is 35.5. The van der Waals surface area contributed by atoms with Gasteiger partial charge in [-0.05, 0) is 35.5 Å². The van der Waals surface area contributed by atoms with E-state index in [1.165, 1.54) is 0 Å². The summed E-state index contributed by atoms with van der Waals surface area (Å²) in [6, 6.07) is 9.83. The van der Waals surface area contributed by atoms with Gasteiger partial charge >= 0.3 is 0 Å². The fourth-order valence-corrected chi connectivity index (χ4v) is 2.68. The SMILES string of the molecule is O=C(Nc1ccc(Cl)cc1-c1nn[nH]n1)c1noc2cc(Cl)ccc12. The van der Waals surface area contributed by atoms with E-state index in [1.807, 2.05) is 0 Å². The molecule has 0 atom stereocenters. The van der Waals surface area contributed by atoms with Crippen LogP contribution >= 0.6 is 23.2 Å². The number of tetrazole rings is 1. The number of fused-ring (bicyclic) bond motifs is 1. The number of nitrogens with one attached hydrogen (secondary N) is 2. The topological polar surface area (TPSA) is 110 Å². The number of aromatic nitrogens is 5. The molecule has 2 heterocycles. The molecule has 25 heavy (non-hydrogen) atoms. The maximum atomic E-state index is 12.6. The molecule has 4 rings (SSSR count). The van der Waals surface area contributed by atoms with Crippen molar-refractivity contribution >= 4 is 45.8 Å². The molecule has 2 N–H and O–H groups in total. The number of aromatic amines is 1. The summed E-state index contributed by atoms with van der Waals surface area (Å²) in [6.07, 6.45) is 0. The van der Waals surface area contributed by atoms with Gasteiger partial charge < -0.3 is 9.84 Å². The minimum Gasteiger partial charge on any atom is -0.355 e. The van der Waals surface area contributed by atoms with Crippen LogP contribution in [0.4, 0.5) is 5.69 Å². The van der Waals surface area contributed by atoms with Gasteiger partial charge in [0.25, 0.3) is 5.91 Å². The lowest BCUT2D eigenvalue weighted by Gasteiger charge is -2.08. The van der Waals surface area contributed by atoms with Crippen LogP contribution in [-0.2, 0) is 0 Å². The van der Waals surface area contributed by atoms with Crippen molar-refractivity contribution in [2.24, 2.45) is 0 Å². The number of rotatable bonds is 3. The number of nitrogens with zero attached hydrogens (tertiary/aromatic N) is 4. The van der Waals surface area contributed by atoms with Crippen LogP contribution < -0.4 is 5.32 Å². The first kappa shape index (κ1) is 15.6. The van der Waals surface area contributed by atoms with Crippen LogP contribution in [-0.4, -0.2) is 31.7 Å². The summed E-state index contributed by atoms with van der Waals surface area (Å²) in [6.45, 7) is 0. The molecule has 0 radical (unpaired) electrons. The number of hydrogen-bond acceptors (Lipinski definition) is 6. The second kappa shape index (κ2) is 6.15. The van der Waals surface area contributed by atoms with Gasteiger partial charge in [-0.25, -0.2) is 0 Å². The van der Waals surface area contributed by atoms with Gasteiger partial charge in [-0.15, -0.1) is 10.2 Å². The molecule has 10 heteroatoms. The molecule has 4 aromatic rings. The third kappa shape index (κ3) is 2.92. The molecular formula is C15H8Cl2N6O2. The zero-order valence-electron chi connectivity index (χ0n) is 12.3. The highest BCUT2D eigenvalue weighted by Gasteiger charge is 2.19. The first-order valence-electron chi connectivity index (χ1n) is 7.01. The molecule has 2 aromatic carbocycles. The third-order valence-corrected chi connectivity index (χ3v) is 3.94. The van der Waals surface area contributed by atoms with Crippen LogP contribution in [0.3, 0.4) is 0 Å². The van der Waals surface area contributed by atoms with E-state index >= 15 is 0 Å². The predicted octanol–water partition coefficient (Wildman–Crippen LogP) is 3.57. The van der Waals surface area contributed by atoms with Gasteiger partial charge in [-0.3, -0.25) is 4.79 Å². The Balaban J connectivity index is 1.71. The van der Waals surface area contributed by atoms with Gasteiger partial charge in [-0.2, -0.15) is 5.21 Å². The summed E-state index contributed by atoms with van der Waals surface area (Å²) < 4.78 is 5.15. The number of amides is 1. The van der Waals surface area contributed by atoms with Crippen molar-refractivity contribution in [3.8, 4) is 11.4 Å². The summed E-state index contributed by atoms with van der Waals surface area (Å²) in [5, 5.41) is 21.8. The van der Waals surface area contributed by atoms with Gasteiger partial charge in [0.1, 0.15) is 0 Å². The minimum atomic E-state index is -0.451. The Morgan fingerprint density at radius 1 is 1.12 bits per heavy atom. The highest BCUT2D eigenvalue weighted by molar-refractivity contribution is 6.31. The Kier molecular flexibility index (Phi) is 3.83. The molecule has 0 fully saturated rings. The molecule has 0 unspecified atom stereocenters. The lowest BCUT2D eigenvalue weighted by molar-refractivity contribution is 0.102. The fourth-order valence-electron chi connectivity index (χ4n) is 2.34. The average molecular weight is 375 g/mol. The smallest absolute Gasteiger partial charge is 0.278 e. The van der Waals surface area contributed by atoms with Crippen molar-refractivity contribution in [1.82, 2.24) is 25.8 Å². The molecule has 0 saturated carbocycles. The lowest BCUT2D eigenvalue weighted by Crippen LogP contribution is -2.13. The first-order valence-corrected chi connectivity index (χ1v) is 7.77. The third-order valence-electron chi connectivity index (χ3n) is 3.47. The molecular weight excluding hydrogens is 367 g/mol. The van der Waals surface area contributed by atoms with Crippen LogP contribution in [0.1, 0.15) is 10.5 Å². The van der Waals surface area contributed by atoms with E-state index in [1.54, 1.807) is 36.4 Å². The summed E-state index contributed by atoms with van der Waals surface area (Å²) in [5.41, 5.74) is 1.54. The van der Waals surface area contributed by atoms with E-state index in [9.17, 15) is 4.79 Å². The van der Waals surface area contributed by atoms with E-state index in [2.05, 4.69) is 31.1 Å². The Morgan fingerprint density at radius 2 is 1.92 bits per heavy atom. The van der Waals surface area contributed by atoms with Gasteiger partial charge in [0.2, 0.25) is 5.82 Å². The van der Waals surface area contributed by atoms with Crippen molar-refractivity contribution < 1.29 is 9.32 Å². The van der Waals surface area contributed by atoms with E-state index in [0.717, 1.165) is 0 Å². The van der Waals surface area contributed by atoms with Gasteiger partial charge in [0.05, 0.1) is 11.1 Å². The zero-order chi connectivity index (χ0) is 17.4. The summed E-state index contributed by atoms with van der Waals surface area (Å²) in [5.74, 6) is -0.150. The normalized spacial score (nSPS) is 11.0. The Labute approximate surface area is 150 Å². The quantitative estimate of drug-likeness (QED) is 0.567.